The Morgan fingerprint density at radius 2 is 2.25 bits per heavy atom. The minimum Gasteiger partial charge on any atom is -0.389 e. The van der Waals surface area contributed by atoms with Crippen LogP contribution in [-0.2, 0) is 0 Å². The predicted octanol–water partition coefficient (Wildman–Crippen LogP) is 2.40. The lowest BCUT2D eigenvalue weighted by Crippen LogP contribution is -2.38. The van der Waals surface area contributed by atoms with Gasteiger partial charge in [0.25, 0.3) is 0 Å². The number of hydrogen-bond donors (Lipinski definition) is 1. The first-order valence-electron chi connectivity index (χ1n) is 4.97. The number of ketones is 1. The first-order chi connectivity index (χ1) is 7.29. The number of rotatable bonds is 5. The van der Waals surface area contributed by atoms with E-state index in [1.807, 2.05) is 23.4 Å². The van der Waals surface area contributed by atoms with Gasteiger partial charge in [0.05, 0.1) is 17.0 Å². The van der Waals surface area contributed by atoms with E-state index in [0.29, 0.717) is 13.1 Å². The molecule has 0 radical (unpaired) electrons. The van der Waals surface area contributed by atoms with Crippen molar-refractivity contribution in [2.24, 2.45) is 0 Å². The molecule has 0 aliphatic carbocycles. The number of Topliss-reactive ketones (excluding diaryl/α,β-unsaturated/α-hetero) is 1. The van der Waals surface area contributed by atoms with Gasteiger partial charge in [-0.2, -0.15) is 0 Å². The van der Waals surface area contributed by atoms with Gasteiger partial charge >= 0.3 is 0 Å². The van der Waals surface area contributed by atoms with Gasteiger partial charge in [-0.1, -0.05) is 0 Å². The summed E-state index contributed by atoms with van der Waals surface area (Å²) >= 11 is 4.77. The third kappa shape index (κ3) is 4.33. The van der Waals surface area contributed by atoms with Crippen LogP contribution in [0.25, 0.3) is 0 Å². The highest BCUT2D eigenvalue weighted by Gasteiger charge is 2.19. The van der Waals surface area contributed by atoms with Crippen LogP contribution in [0.2, 0.25) is 0 Å². The third-order valence-electron chi connectivity index (χ3n) is 1.94. The molecule has 0 atom stereocenters. The second-order valence-corrected chi connectivity index (χ2v) is 6.28. The molecule has 0 saturated carbocycles. The van der Waals surface area contributed by atoms with Crippen LogP contribution in [0.5, 0.6) is 0 Å². The van der Waals surface area contributed by atoms with Crippen LogP contribution in [0.4, 0.5) is 0 Å². The Hall–Kier alpha value is -0.230. The maximum atomic E-state index is 11.9. The molecule has 0 saturated heterocycles. The van der Waals surface area contributed by atoms with Crippen LogP contribution in [0, 0.1) is 0 Å². The van der Waals surface area contributed by atoms with E-state index in [9.17, 15) is 9.90 Å². The smallest absolute Gasteiger partial charge is 0.187 e. The summed E-state index contributed by atoms with van der Waals surface area (Å²) in [4.78, 5) is 14.4. The lowest BCUT2D eigenvalue weighted by molar-refractivity contribution is 0.0440. The maximum Gasteiger partial charge on any atom is 0.187 e. The summed E-state index contributed by atoms with van der Waals surface area (Å²) in [6.07, 6.45) is 0. The molecule has 1 rings (SSSR count). The first-order valence-corrected chi connectivity index (χ1v) is 6.64. The number of thiophene rings is 1. The molecule has 1 aromatic heterocycles. The van der Waals surface area contributed by atoms with Gasteiger partial charge in [0.15, 0.2) is 5.78 Å². The summed E-state index contributed by atoms with van der Waals surface area (Å²) in [5.41, 5.74) is -0.776. The molecule has 0 aliphatic heterocycles. The number of halogens is 1. The molecule has 0 spiro atoms. The quantitative estimate of drug-likeness (QED) is 0.849. The molecular formula is C11H16BrNO2S. The van der Waals surface area contributed by atoms with Crippen molar-refractivity contribution in [2.45, 2.75) is 19.4 Å². The molecule has 0 unspecified atom stereocenters. The fourth-order valence-electron chi connectivity index (χ4n) is 1.53. The van der Waals surface area contributed by atoms with E-state index in [1.165, 1.54) is 11.3 Å². The fourth-order valence-corrected chi connectivity index (χ4v) is 3.05. The molecule has 1 aromatic rings. The highest BCUT2D eigenvalue weighted by molar-refractivity contribution is 9.10. The van der Waals surface area contributed by atoms with Crippen LogP contribution in [0.3, 0.4) is 0 Å². The third-order valence-corrected chi connectivity index (χ3v) is 3.82. The second-order valence-electron chi connectivity index (χ2n) is 4.51. The van der Waals surface area contributed by atoms with E-state index in [2.05, 4.69) is 15.9 Å². The molecule has 5 heteroatoms. The minimum absolute atomic E-state index is 0.0774. The Labute approximate surface area is 108 Å². The van der Waals surface area contributed by atoms with Crippen molar-refractivity contribution in [3.05, 3.63) is 20.8 Å². The van der Waals surface area contributed by atoms with Crippen molar-refractivity contribution in [1.82, 2.24) is 4.90 Å². The van der Waals surface area contributed by atoms with E-state index in [-0.39, 0.29) is 5.78 Å². The van der Waals surface area contributed by atoms with Crippen molar-refractivity contribution in [3.63, 3.8) is 0 Å². The Morgan fingerprint density at radius 1 is 1.62 bits per heavy atom. The van der Waals surface area contributed by atoms with Crippen LogP contribution in [0.15, 0.2) is 15.9 Å². The molecular weight excluding hydrogens is 290 g/mol. The standard InChI is InChI=1S/C11H16BrNO2S/c1-11(2,15)7-13(3)6-9(14)10-8(12)4-5-16-10/h4-5,15H,6-7H2,1-3H3. The van der Waals surface area contributed by atoms with E-state index >= 15 is 0 Å². The highest BCUT2D eigenvalue weighted by atomic mass is 79.9. The van der Waals surface area contributed by atoms with E-state index < -0.39 is 5.60 Å². The molecule has 0 bridgehead atoms. The summed E-state index contributed by atoms with van der Waals surface area (Å²) in [7, 11) is 1.83. The summed E-state index contributed by atoms with van der Waals surface area (Å²) in [5, 5.41) is 11.5. The molecule has 0 aromatic carbocycles. The summed E-state index contributed by atoms with van der Waals surface area (Å²) in [5.74, 6) is 0.0774. The Kier molecular flexibility index (Phi) is 4.67. The largest absolute Gasteiger partial charge is 0.389 e. The van der Waals surface area contributed by atoms with Crippen molar-refractivity contribution < 1.29 is 9.90 Å². The predicted molar refractivity (Wildman–Crippen MR) is 70.1 cm³/mol. The number of hydrogen-bond acceptors (Lipinski definition) is 4. The van der Waals surface area contributed by atoms with Crippen LogP contribution >= 0.6 is 27.3 Å². The topological polar surface area (TPSA) is 40.5 Å². The number of likely N-dealkylation sites (N-methyl/N-ethyl adjacent to an activating group) is 1. The zero-order valence-electron chi connectivity index (χ0n) is 9.66. The van der Waals surface area contributed by atoms with Gasteiger partial charge in [0.2, 0.25) is 0 Å². The lowest BCUT2D eigenvalue weighted by atomic mass is 10.1. The van der Waals surface area contributed by atoms with Crippen LogP contribution < -0.4 is 0 Å². The van der Waals surface area contributed by atoms with Gasteiger partial charge in [-0.05, 0) is 48.3 Å². The summed E-state index contributed by atoms with van der Waals surface area (Å²) in [6.45, 7) is 4.26. The van der Waals surface area contributed by atoms with Crippen molar-refractivity contribution in [2.75, 3.05) is 20.1 Å². The van der Waals surface area contributed by atoms with Crippen molar-refractivity contribution in [1.29, 1.82) is 0 Å². The molecule has 0 fully saturated rings. The zero-order chi connectivity index (χ0) is 12.3. The minimum atomic E-state index is -0.776. The maximum absolute atomic E-state index is 11.9. The first kappa shape index (κ1) is 13.8. The molecule has 1 N–H and O–H groups in total. The molecule has 1 heterocycles. The Bertz CT molecular complexity index is 370. The average molecular weight is 306 g/mol. The second kappa shape index (κ2) is 5.40. The number of nitrogens with zero attached hydrogens (tertiary/aromatic N) is 1. The number of carbonyl (C=O) groups excluding carboxylic acids is 1. The van der Waals surface area contributed by atoms with Crippen molar-refractivity contribution >= 4 is 33.0 Å². The Morgan fingerprint density at radius 3 is 2.69 bits per heavy atom. The van der Waals surface area contributed by atoms with Gasteiger partial charge in [-0.25, -0.2) is 0 Å². The van der Waals surface area contributed by atoms with Gasteiger partial charge in [-0.3, -0.25) is 9.69 Å². The van der Waals surface area contributed by atoms with E-state index in [4.69, 9.17) is 0 Å². The zero-order valence-corrected chi connectivity index (χ0v) is 12.1. The van der Waals surface area contributed by atoms with Crippen LogP contribution in [0.1, 0.15) is 23.5 Å². The molecule has 0 amide bonds. The van der Waals surface area contributed by atoms with E-state index in [0.717, 1.165) is 9.35 Å². The number of aliphatic hydroxyl groups is 1. The van der Waals surface area contributed by atoms with Gasteiger partial charge < -0.3 is 5.11 Å². The normalized spacial score (nSPS) is 12.1. The van der Waals surface area contributed by atoms with Crippen molar-refractivity contribution in [3.8, 4) is 0 Å². The molecule has 3 nitrogen and oxygen atoms in total. The van der Waals surface area contributed by atoms with Gasteiger partial charge in [0, 0.05) is 11.0 Å². The molecule has 0 aliphatic rings. The van der Waals surface area contributed by atoms with Gasteiger partial charge in [-0.15, -0.1) is 11.3 Å². The lowest BCUT2D eigenvalue weighted by Gasteiger charge is -2.24. The highest BCUT2D eigenvalue weighted by Crippen LogP contribution is 2.23. The molecule has 16 heavy (non-hydrogen) atoms. The summed E-state index contributed by atoms with van der Waals surface area (Å²) in [6, 6.07) is 1.87. The fraction of sp³-hybridized carbons (Fsp3) is 0.545. The number of carbonyl (C=O) groups is 1. The molecule has 90 valence electrons. The summed E-state index contributed by atoms with van der Waals surface area (Å²) < 4.78 is 0.846. The monoisotopic (exact) mass is 305 g/mol. The Balaban J connectivity index is 2.56. The SMILES string of the molecule is CN(CC(=O)c1sccc1Br)CC(C)(C)O. The van der Waals surface area contributed by atoms with Crippen LogP contribution in [-0.4, -0.2) is 41.5 Å². The van der Waals surface area contributed by atoms with E-state index in [1.54, 1.807) is 13.8 Å². The van der Waals surface area contributed by atoms with Gasteiger partial charge in [0.1, 0.15) is 0 Å². The average Bonchev–Trinajstić information content (AvgIpc) is 2.47.